The molecule has 1 fully saturated rings. The van der Waals surface area contributed by atoms with Crippen LogP contribution in [0.1, 0.15) is 57.8 Å². The predicted octanol–water partition coefficient (Wildman–Crippen LogP) is 2.94. The van der Waals surface area contributed by atoms with Gasteiger partial charge in [0.05, 0.1) is 5.92 Å². The van der Waals surface area contributed by atoms with Crippen molar-refractivity contribution >= 4 is 29.4 Å². The highest BCUT2D eigenvalue weighted by molar-refractivity contribution is 5.97. The molecule has 1 aliphatic heterocycles. The Morgan fingerprint density at radius 1 is 1.09 bits per heavy atom. The Bertz CT molecular complexity index is 834. The molecule has 0 aliphatic carbocycles. The lowest BCUT2D eigenvalue weighted by atomic mass is 9.91. The molecule has 0 saturated carbocycles. The molecule has 0 radical (unpaired) electrons. The number of hydrogen-bond donors (Lipinski definition) is 1. The van der Waals surface area contributed by atoms with Crippen molar-refractivity contribution in [2.45, 2.75) is 47.5 Å². The van der Waals surface area contributed by atoms with E-state index >= 15 is 0 Å². The summed E-state index contributed by atoms with van der Waals surface area (Å²) >= 11 is 0. The van der Waals surface area contributed by atoms with Crippen LogP contribution < -0.4 is 5.32 Å². The summed E-state index contributed by atoms with van der Waals surface area (Å²) in [5.74, 6) is -1.24. The van der Waals surface area contributed by atoms with Crippen LogP contribution in [0.2, 0.25) is 0 Å². The number of hydrogen-bond acceptors (Lipinski definition) is 5. The molecule has 1 saturated heterocycles. The van der Waals surface area contributed by atoms with E-state index in [9.17, 15) is 19.2 Å². The lowest BCUT2D eigenvalue weighted by Gasteiger charge is -2.34. The molecule has 1 aliphatic rings. The summed E-state index contributed by atoms with van der Waals surface area (Å²) in [5, 5.41) is 2.67. The summed E-state index contributed by atoms with van der Waals surface area (Å²) < 4.78 is 5.20. The molecule has 0 spiro atoms. The zero-order valence-corrected chi connectivity index (χ0v) is 19.8. The average molecular weight is 446 g/mol. The Kier molecular flexibility index (Phi) is 8.80. The monoisotopic (exact) mass is 445 g/mol. The van der Waals surface area contributed by atoms with E-state index in [1.165, 1.54) is 0 Å². The van der Waals surface area contributed by atoms with E-state index in [0.717, 1.165) is 0 Å². The second kappa shape index (κ2) is 11.1. The van der Waals surface area contributed by atoms with Gasteiger partial charge in [0, 0.05) is 42.8 Å². The van der Waals surface area contributed by atoms with Crippen molar-refractivity contribution in [3.63, 3.8) is 0 Å². The Morgan fingerprint density at radius 2 is 1.72 bits per heavy atom. The van der Waals surface area contributed by atoms with E-state index < -0.39 is 23.9 Å². The molecule has 0 unspecified atom stereocenters. The Labute approximate surface area is 190 Å². The second-order valence-electron chi connectivity index (χ2n) is 9.03. The standard InChI is InChI=1S/C24H35N3O5/c1-6-26(7-2)21(29)18-9-8-10-19(15-18)25-20(28)16-32-22(30)17-11-13-27(14-12-17)23(31)24(3,4)5/h8-10,15,17H,6-7,11-14,16H2,1-5H3,(H,25,28). The van der Waals surface area contributed by atoms with E-state index in [4.69, 9.17) is 4.74 Å². The highest BCUT2D eigenvalue weighted by Crippen LogP contribution is 2.24. The SMILES string of the molecule is CCN(CC)C(=O)c1cccc(NC(=O)COC(=O)C2CCN(C(=O)C(C)(C)C)CC2)c1. The first-order chi connectivity index (χ1) is 15.1. The summed E-state index contributed by atoms with van der Waals surface area (Å²) in [4.78, 5) is 52.9. The third kappa shape index (κ3) is 6.80. The average Bonchev–Trinajstić information content (AvgIpc) is 2.77. The second-order valence-corrected chi connectivity index (χ2v) is 9.03. The fourth-order valence-corrected chi connectivity index (χ4v) is 3.67. The first kappa shape index (κ1) is 25.4. The predicted molar refractivity (Wildman–Crippen MR) is 122 cm³/mol. The number of likely N-dealkylation sites (tertiary alicyclic amines) is 1. The number of nitrogens with zero attached hydrogens (tertiary/aromatic N) is 2. The fraction of sp³-hybridized carbons (Fsp3) is 0.583. The van der Waals surface area contributed by atoms with Crippen LogP contribution in [0.15, 0.2) is 24.3 Å². The van der Waals surface area contributed by atoms with Crippen molar-refractivity contribution in [1.82, 2.24) is 9.80 Å². The van der Waals surface area contributed by atoms with Crippen molar-refractivity contribution in [1.29, 1.82) is 0 Å². The number of esters is 1. The highest BCUT2D eigenvalue weighted by atomic mass is 16.5. The van der Waals surface area contributed by atoms with Crippen molar-refractivity contribution in [3.05, 3.63) is 29.8 Å². The minimum Gasteiger partial charge on any atom is -0.455 e. The lowest BCUT2D eigenvalue weighted by Crippen LogP contribution is -2.45. The summed E-state index contributed by atoms with van der Waals surface area (Å²) in [7, 11) is 0. The number of carbonyl (C=O) groups is 4. The van der Waals surface area contributed by atoms with Crippen LogP contribution in [-0.2, 0) is 19.1 Å². The highest BCUT2D eigenvalue weighted by Gasteiger charge is 2.33. The van der Waals surface area contributed by atoms with Gasteiger partial charge in [-0.15, -0.1) is 0 Å². The van der Waals surface area contributed by atoms with E-state index in [-0.39, 0.29) is 17.7 Å². The molecule has 0 atom stereocenters. The molecule has 32 heavy (non-hydrogen) atoms. The molecule has 0 bridgehead atoms. The van der Waals surface area contributed by atoms with Crippen LogP contribution in [0.25, 0.3) is 0 Å². The zero-order valence-electron chi connectivity index (χ0n) is 19.8. The van der Waals surface area contributed by atoms with Crippen molar-refractivity contribution in [3.8, 4) is 0 Å². The maximum Gasteiger partial charge on any atom is 0.309 e. The quantitative estimate of drug-likeness (QED) is 0.651. The first-order valence-corrected chi connectivity index (χ1v) is 11.2. The van der Waals surface area contributed by atoms with Crippen LogP contribution in [0.4, 0.5) is 5.69 Å². The number of anilines is 1. The topological polar surface area (TPSA) is 96.0 Å². The van der Waals surface area contributed by atoms with Crippen LogP contribution in [0.3, 0.4) is 0 Å². The van der Waals surface area contributed by atoms with Gasteiger partial charge in [0.2, 0.25) is 5.91 Å². The third-order valence-electron chi connectivity index (χ3n) is 5.55. The van der Waals surface area contributed by atoms with E-state index in [1.807, 2.05) is 34.6 Å². The summed E-state index contributed by atoms with van der Waals surface area (Å²) in [6.45, 7) is 11.3. The number of ether oxygens (including phenoxy) is 1. The number of amides is 3. The van der Waals surface area contributed by atoms with Gasteiger partial charge in [-0.05, 0) is 44.9 Å². The van der Waals surface area contributed by atoms with Gasteiger partial charge in [0.25, 0.3) is 11.8 Å². The number of piperidine rings is 1. The van der Waals surface area contributed by atoms with Gasteiger partial charge in [-0.3, -0.25) is 19.2 Å². The summed E-state index contributed by atoms with van der Waals surface area (Å²) in [6.07, 6.45) is 1.05. The largest absolute Gasteiger partial charge is 0.455 e. The molecule has 1 N–H and O–H groups in total. The van der Waals surface area contributed by atoms with Crippen LogP contribution >= 0.6 is 0 Å². The van der Waals surface area contributed by atoms with Crippen molar-refractivity contribution in [2.24, 2.45) is 11.3 Å². The van der Waals surface area contributed by atoms with Gasteiger partial charge in [-0.1, -0.05) is 26.8 Å². The van der Waals surface area contributed by atoms with Crippen LogP contribution in [0, 0.1) is 11.3 Å². The zero-order chi connectivity index (χ0) is 23.9. The Balaban J connectivity index is 1.82. The van der Waals surface area contributed by atoms with E-state index in [0.29, 0.717) is 50.3 Å². The summed E-state index contributed by atoms with van der Waals surface area (Å²) in [6, 6.07) is 6.70. The first-order valence-electron chi connectivity index (χ1n) is 11.2. The molecular formula is C24H35N3O5. The van der Waals surface area contributed by atoms with Crippen molar-refractivity contribution < 1.29 is 23.9 Å². The third-order valence-corrected chi connectivity index (χ3v) is 5.55. The fourth-order valence-electron chi connectivity index (χ4n) is 3.67. The molecular weight excluding hydrogens is 410 g/mol. The normalized spacial score (nSPS) is 14.6. The molecule has 0 aromatic heterocycles. The number of nitrogens with one attached hydrogen (secondary N) is 1. The van der Waals surface area contributed by atoms with Gasteiger partial charge < -0.3 is 19.9 Å². The molecule has 8 heteroatoms. The van der Waals surface area contributed by atoms with E-state index in [2.05, 4.69) is 5.32 Å². The maximum atomic E-state index is 12.5. The van der Waals surface area contributed by atoms with Gasteiger partial charge in [0.1, 0.15) is 0 Å². The smallest absolute Gasteiger partial charge is 0.309 e. The van der Waals surface area contributed by atoms with Gasteiger partial charge in [-0.25, -0.2) is 0 Å². The molecule has 2 rings (SSSR count). The van der Waals surface area contributed by atoms with Crippen LogP contribution in [0.5, 0.6) is 0 Å². The van der Waals surface area contributed by atoms with Crippen LogP contribution in [-0.4, -0.2) is 66.3 Å². The number of rotatable bonds is 7. The molecule has 1 aromatic rings. The van der Waals surface area contributed by atoms with Gasteiger partial charge in [-0.2, -0.15) is 0 Å². The molecule has 1 aromatic carbocycles. The Morgan fingerprint density at radius 3 is 2.28 bits per heavy atom. The van der Waals surface area contributed by atoms with Gasteiger partial charge >= 0.3 is 5.97 Å². The molecule has 176 valence electrons. The lowest BCUT2D eigenvalue weighted by molar-refractivity contribution is -0.155. The van der Waals surface area contributed by atoms with E-state index in [1.54, 1.807) is 34.1 Å². The molecule has 8 nitrogen and oxygen atoms in total. The van der Waals surface area contributed by atoms with Crippen molar-refractivity contribution in [2.75, 3.05) is 38.1 Å². The maximum absolute atomic E-state index is 12.5. The minimum atomic E-state index is -0.467. The molecule has 3 amide bonds. The van der Waals surface area contributed by atoms with Gasteiger partial charge in [0.15, 0.2) is 6.61 Å². The molecule has 1 heterocycles. The number of benzene rings is 1. The summed E-state index contributed by atoms with van der Waals surface area (Å²) in [5.41, 5.74) is 0.511. The number of carbonyl (C=O) groups excluding carboxylic acids is 4. The Hall–Kier alpha value is -2.90. The minimum absolute atomic E-state index is 0.0744.